The van der Waals surface area contributed by atoms with E-state index in [4.69, 9.17) is 0 Å². The first kappa shape index (κ1) is 503. The summed E-state index contributed by atoms with van der Waals surface area (Å²) in [5.74, 6) is 0. The summed E-state index contributed by atoms with van der Waals surface area (Å²) >= 11 is 0. The summed E-state index contributed by atoms with van der Waals surface area (Å²) in [6, 6.07) is 0. The van der Waals surface area contributed by atoms with Crippen molar-refractivity contribution in [1.29, 1.82) is 0 Å². The topological polar surface area (TPSA) is 134 Å². The summed E-state index contributed by atoms with van der Waals surface area (Å²) < 4.78 is 0. The number of hydrogen-bond donors (Lipinski definition) is 0. The van der Waals surface area contributed by atoms with Crippen LogP contribution in [0.2, 0.25) is 0 Å². The zero-order chi connectivity index (χ0) is 0. The van der Waals surface area contributed by atoms with Gasteiger partial charge in [0.2, 0.25) is 0 Å². The van der Waals surface area contributed by atoms with Gasteiger partial charge in [-0.1, -0.05) is 0 Å². The maximum absolute atomic E-state index is 0. The maximum Gasteiger partial charge on any atom is 2.00 e. The zero-order valence-corrected chi connectivity index (χ0v) is 4.69. The van der Waals surface area contributed by atoms with E-state index in [1.54, 1.807) is 0 Å². The molecule has 0 saturated carbocycles. The predicted molar refractivity (Wildman–Crippen MR) is 21.1 cm³/mol. The molecule has 0 unspecified atom stereocenters. The molecule has 1 radical (unpaired) electrons. The van der Waals surface area contributed by atoms with Crippen molar-refractivity contribution in [3.05, 3.63) is 24.6 Å². The molecule has 0 aliphatic carbocycles. The van der Waals surface area contributed by atoms with Gasteiger partial charge in [-0.05, 0) is 0 Å². The summed E-state index contributed by atoms with van der Waals surface area (Å²) in [6.45, 7) is 0. The van der Waals surface area contributed by atoms with Crippen LogP contribution in [0.25, 0.3) is 24.6 Å². The summed E-state index contributed by atoms with van der Waals surface area (Å²) in [5, 5.41) is 0. The first-order chi connectivity index (χ1) is 0. The van der Waals surface area contributed by atoms with Crippen LogP contribution in [0.4, 0.5) is 0 Å². The molecule has 0 atom stereocenters. The Hall–Kier alpha value is 0.649. The Bertz CT molecular complexity index is 7.51. The molecular formula is H8ClCuN4-3. The van der Waals surface area contributed by atoms with E-state index in [0.29, 0.717) is 0 Å². The van der Waals surface area contributed by atoms with E-state index in [1.165, 1.54) is 0 Å². The van der Waals surface area contributed by atoms with Crippen LogP contribution >= 0.6 is 0 Å². The van der Waals surface area contributed by atoms with Crippen molar-refractivity contribution >= 4 is 0 Å². The van der Waals surface area contributed by atoms with Crippen molar-refractivity contribution < 1.29 is 29.5 Å². The summed E-state index contributed by atoms with van der Waals surface area (Å²) in [5.41, 5.74) is 0. The second-order valence-corrected chi connectivity index (χ2v) is 0. The van der Waals surface area contributed by atoms with Gasteiger partial charge in [0.15, 0.2) is 0 Å². The largest absolute Gasteiger partial charge is 2.00 e. The second kappa shape index (κ2) is 290. The predicted octanol–water partition coefficient (Wildman–Crippen LogP) is -0.130. The van der Waals surface area contributed by atoms with Crippen LogP contribution in [0.1, 0.15) is 0 Å². The Balaban J connectivity index is 0. The summed E-state index contributed by atoms with van der Waals surface area (Å²) in [4.78, 5) is 0. The Morgan fingerprint density at radius 2 is 0.500 bits per heavy atom. The van der Waals surface area contributed by atoms with Crippen molar-refractivity contribution in [3.8, 4) is 0 Å². The van der Waals surface area contributed by atoms with Crippen LogP contribution in [0.3, 0.4) is 0 Å². The molecule has 0 aliphatic rings. The van der Waals surface area contributed by atoms with Crippen molar-refractivity contribution in [2.75, 3.05) is 0 Å². The second-order valence-electron chi connectivity index (χ2n) is 0. The van der Waals surface area contributed by atoms with Gasteiger partial charge in [0.1, 0.15) is 0 Å². The number of hydrogen-bond acceptors (Lipinski definition) is 0. The third-order valence-corrected chi connectivity index (χ3v) is 0. The molecule has 0 spiro atoms. The molecule has 0 aromatic heterocycles. The first-order valence-corrected chi connectivity index (χ1v) is 0. The van der Waals surface area contributed by atoms with Gasteiger partial charge in [-0.3, -0.25) is 0 Å². The third-order valence-electron chi connectivity index (χ3n) is 0. The Morgan fingerprint density at radius 3 is 0.500 bits per heavy atom. The molecule has 0 aromatic rings. The fraction of sp³-hybridized carbons (Fsp3) is 0. The van der Waals surface area contributed by atoms with E-state index < -0.39 is 0 Å². The van der Waals surface area contributed by atoms with Crippen LogP contribution in [0, 0.1) is 0 Å². The number of halogens is 1. The van der Waals surface area contributed by atoms with E-state index in [2.05, 4.69) is 0 Å². The monoisotopic (exact) mass is 162 g/mol. The zero-order valence-electron chi connectivity index (χ0n) is 2.99. The molecule has 0 saturated heterocycles. The van der Waals surface area contributed by atoms with Crippen LogP contribution in [0.5, 0.6) is 0 Å². The molecular weight excluding hydrogens is 155 g/mol. The van der Waals surface area contributed by atoms with E-state index in [1.807, 2.05) is 0 Å². The SMILES string of the molecule is [Cl-].[Cu+2].[NH2-].[NH2-].[NH2-].[NH2-]. The van der Waals surface area contributed by atoms with Crippen molar-refractivity contribution in [2.24, 2.45) is 0 Å². The molecule has 8 N–H and O–H groups in total. The maximum atomic E-state index is 0. The van der Waals surface area contributed by atoms with Gasteiger partial charge >= 0.3 is 17.1 Å². The first-order valence-electron chi connectivity index (χ1n) is 0. The fourth-order valence-corrected chi connectivity index (χ4v) is 0. The van der Waals surface area contributed by atoms with Crippen LogP contribution in [0.15, 0.2) is 0 Å². The molecule has 0 amide bonds. The van der Waals surface area contributed by atoms with Crippen LogP contribution in [-0.2, 0) is 17.1 Å². The van der Waals surface area contributed by atoms with E-state index in [9.17, 15) is 0 Å². The van der Waals surface area contributed by atoms with Gasteiger partial charge in [0.05, 0.1) is 0 Å². The molecule has 0 aliphatic heterocycles. The average Bonchev–Trinajstić information content (AvgIpc) is 0. The molecule has 0 aromatic carbocycles. The van der Waals surface area contributed by atoms with E-state index in [-0.39, 0.29) is 54.1 Å². The molecule has 6 heteroatoms. The Morgan fingerprint density at radius 1 is 0.500 bits per heavy atom. The van der Waals surface area contributed by atoms with Crippen LogP contribution < -0.4 is 12.4 Å². The molecule has 0 fully saturated rings. The van der Waals surface area contributed by atoms with Crippen molar-refractivity contribution in [3.63, 3.8) is 0 Å². The summed E-state index contributed by atoms with van der Waals surface area (Å²) in [7, 11) is 0. The van der Waals surface area contributed by atoms with Gasteiger partial charge < -0.3 is 37.0 Å². The van der Waals surface area contributed by atoms with Gasteiger partial charge in [0, 0.05) is 0 Å². The molecule has 6 heavy (non-hydrogen) atoms. The smallest absolute Gasteiger partial charge is 1.00 e. The molecule has 0 rings (SSSR count). The third kappa shape index (κ3) is 147. The number of rotatable bonds is 0. The Kier molecular flexibility index (Phi) is 24300. The summed E-state index contributed by atoms with van der Waals surface area (Å²) in [6.07, 6.45) is 0. The van der Waals surface area contributed by atoms with E-state index in [0.717, 1.165) is 0 Å². The average molecular weight is 163 g/mol. The quantitative estimate of drug-likeness (QED) is 0.439. The van der Waals surface area contributed by atoms with Crippen LogP contribution in [-0.4, -0.2) is 0 Å². The van der Waals surface area contributed by atoms with Gasteiger partial charge in [-0.2, -0.15) is 0 Å². The molecule has 0 bridgehead atoms. The van der Waals surface area contributed by atoms with Crippen molar-refractivity contribution in [2.45, 2.75) is 0 Å². The minimum absolute atomic E-state index is 0. The normalized spacial score (nSPS) is 0. The molecule has 4 nitrogen and oxygen atoms in total. The Labute approximate surface area is 54.7 Å². The minimum atomic E-state index is 0. The molecule has 49 valence electrons. The van der Waals surface area contributed by atoms with Gasteiger partial charge in [-0.25, -0.2) is 0 Å². The minimum Gasteiger partial charge on any atom is -1.00 e. The molecule has 0 heterocycles. The fourth-order valence-electron chi connectivity index (χ4n) is 0. The standard InChI is InChI=1S/ClH.Cu.4H2N/h1H;;4*1H2/q;+2;4*-1/p-1. The number of nitrogens with two attached hydrogens (primary N) is 4. The van der Waals surface area contributed by atoms with E-state index >= 15 is 0 Å². The van der Waals surface area contributed by atoms with Gasteiger partial charge in [0.25, 0.3) is 0 Å². The van der Waals surface area contributed by atoms with Gasteiger partial charge in [-0.15, -0.1) is 0 Å². The van der Waals surface area contributed by atoms with Crippen molar-refractivity contribution in [1.82, 2.24) is 0 Å².